The summed E-state index contributed by atoms with van der Waals surface area (Å²) in [6, 6.07) is 17.3. The first-order valence-corrected chi connectivity index (χ1v) is 5.01. The molecule has 6 heteroatoms. The van der Waals surface area contributed by atoms with E-state index < -0.39 is 5.09 Å². The van der Waals surface area contributed by atoms with Crippen LogP contribution in [0.5, 0.6) is 11.5 Å². The Kier molecular flexibility index (Phi) is 5.71. The lowest BCUT2D eigenvalue weighted by molar-refractivity contribution is -0.711. The van der Waals surface area contributed by atoms with Gasteiger partial charge in [0.1, 0.15) is 11.5 Å². The van der Waals surface area contributed by atoms with Crippen molar-refractivity contribution in [1.82, 2.24) is 0 Å². The molecule has 18 heavy (non-hydrogen) atoms. The average molecular weight is 248 g/mol. The molecule has 94 valence electrons. The molecule has 0 aliphatic carbocycles. The smallest absolute Gasteiger partial charge is 0.299 e. The van der Waals surface area contributed by atoms with Gasteiger partial charge >= 0.3 is 0 Å². The van der Waals surface area contributed by atoms with Gasteiger partial charge in [-0.1, -0.05) is 36.4 Å². The second kappa shape index (κ2) is 7.64. The first-order valence-electron chi connectivity index (χ1n) is 5.01. The number of benzene rings is 2. The van der Waals surface area contributed by atoms with Crippen molar-refractivity contribution in [3.63, 3.8) is 0 Å². The van der Waals surface area contributed by atoms with Gasteiger partial charge in [-0.2, -0.15) is 5.90 Å². The summed E-state index contributed by atoms with van der Waals surface area (Å²) < 4.78 is 0. The summed E-state index contributed by atoms with van der Waals surface area (Å²) in [5.41, 5.74) is 0. The molecule has 0 aliphatic rings. The average Bonchev–Trinajstić information content (AvgIpc) is 2.41. The number of nitrogens with zero attached hydrogens (tertiary/aromatic N) is 1. The van der Waals surface area contributed by atoms with Crippen LogP contribution in [0.1, 0.15) is 0 Å². The zero-order chi connectivity index (χ0) is 13.2. The van der Waals surface area contributed by atoms with Crippen LogP contribution < -0.4 is 15.6 Å². The van der Waals surface area contributed by atoms with Crippen LogP contribution >= 0.6 is 0 Å². The van der Waals surface area contributed by atoms with E-state index in [-0.39, 0.29) is 5.75 Å². The third-order valence-electron chi connectivity index (χ3n) is 1.80. The molecular formula is C12H12N2O4. The highest BCUT2D eigenvalue weighted by Crippen LogP contribution is 2.07. The highest BCUT2D eigenvalue weighted by atomic mass is 17.0. The quantitative estimate of drug-likeness (QED) is 0.664. The zero-order valence-corrected chi connectivity index (χ0v) is 9.43. The molecule has 0 aromatic heterocycles. The Balaban J connectivity index is 0.000000184. The van der Waals surface area contributed by atoms with Gasteiger partial charge in [-0.15, -0.1) is 10.1 Å². The van der Waals surface area contributed by atoms with E-state index in [1.807, 2.05) is 18.2 Å². The molecule has 0 saturated carbocycles. The lowest BCUT2D eigenvalue weighted by Gasteiger charge is -1.93. The summed E-state index contributed by atoms with van der Waals surface area (Å²) in [6.07, 6.45) is 0. The molecule has 2 rings (SSSR count). The van der Waals surface area contributed by atoms with Crippen molar-refractivity contribution in [2.24, 2.45) is 5.90 Å². The van der Waals surface area contributed by atoms with Crippen LogP contribution in [-0.2, 0) is 0 Å². The van der Waals surface area contributed by atoms with Gasteiger partial charge in [-0.25, -0.2) is 0 Å². The van der Waals surface area contributed by atoms with Gasteiger partial charge in [0.05, 0.1) is 0 Å². The maximum Gasteiger partial charge on any atom is 0.299 e. The molecule has 0 fully saturated rings. The van der Waals surface area contributed by atoms with Crippen molar-refractivity contribution in [3.8, 4) is 11.5 Å². The SMILES string of the molecule is NOc1ccccc1.O=[N+]([O-])Oc1ccccc1. The van der Waals surface area contributed by atoms with Crippen molar-refractivity contribution in [1.29, 1.82) is 0 Å². The topological polar surface area (TPSA) is 87.6 Å². The molecule has 0 radical (unpaired) electrons. The van der Waals surface area contributed by atoms with E-state index >= 15 is 0 Å². The van der Waals surface area contributed by atoms with Gasteiger partial charge < -0.3 is 4.84 Å². The Morgan fingerprint density at radius 2 is 1.33 bits per heavy atom. The van der Waals surface area contributed by atoms with E-state index in [0.717, 1.165) is 0 Å². The van der Waals surface area contributed by atoms with Crippen LogP contribution in [0.15, 0.2) is 60.7 Å². The van der Waals surface area contributed by atoms with Crippen molar-refractivity contribution < 1.29 is 14.8 Å². The molecule has 0 amide bonds. The van der Waals surface area contributed by atoms with Gasteiger partial charge in [0.2, 0.25) is 0 Å². The van der Waals surface area contributed by atoms with E-state index in [2.05, 4.69) is 9.68 Å². The molecular weight excluding hydrogens is 236 g/mol. The maximum atomic E-state index is 9.75. The normalized spacial score (nSPS) is 8.72. The van der Waals surface area contributed by atoms with E-state index in [9.17, 15) is 10.1 Å². The Hall–Kier alpha value is -2.60. The summed E-state index contributed by atoms with van der Waals surface area (Å²) in [6.45, 7) is 0. The minimum atomic E-state index is -0.838. The van der Waals surface area contributed by atoms with Crippen LogP contribution in [0, 0.1) is 10.1 Å². The van der Waals surface area contributed by atoms with E-state index in [4.69, 9.17) is 5.90 Å². The Morgan fingerprint density at radius 3 is 1.67 bits per heavy atom. The number of hydrogen-bond acceptors (Lipinski definition) is 5. The number of para-hydroxylation sites is 2. The van der Waals surface area contributed by atoms with Gasteiger partial charge in [0, 0.05) is 0 Å². The first kappa shape index (κ1) is 13.5. The van der Waals surface area contributed by atoms with Crippen molar-refractivity contribution in [2.45, 2.75) is 0 Å². The lowest BCUT2D eigenvalue weighted by Crippen LogP contribution is -2.02. The van der Waals surface area contributed by atoms with Gasteiger partial charge in [0.15, 0.2) is 0 Å². The standard InChI is InChI=1S/C6H5NO3.C6H7NO/c8-7(9)10-6-4-2-1-3-5-6;7-8-6-4-2-1-3-5-6/h1-5H;1-5H,7H2. The second-order valence-corrected chi connectivity index (χ2v) is 3.06. The third-order valence-corrected chi connectivity index (χ3v) is 1.80. The summed E-state index contributed by atoms with van der Waals surface area (Å²) in [5, 5.41) is 8.91. The fourth-order valence-corrected chi connectivity index (χ4v) is 1.07. The Bertz CT molecular complexity index is 462. The fourth-order valence-electron chi connectivity index (χ4n) is 1.07. The minimum absolute atomic E-state index is 0.243. The van der Waals surface area contributed by atoms with E-state index in [1.54, 1.807) is 30.3 Å². The van der Waals surface area contributed by atoms with Crippen LogP contribution in [0.25, 0.3) is 0 Å². The summed E-state index contributed by atoms with van der Waals surface area (Å²) in [5.74, 6) is 5.78. The van der Waals surface area contributed by atoms with Gasteiger partial charge in [-0.05, 0) is 24.3 Å². The van der Waals surface area contributed by atoms with Crippen molar-refractivity contribution in [2.75, 3.05) is 0 Å². The Morgan fingerprint density at radius 1 is 0.889 bits per heavy atom. The molecule has 0 bridgehead atoms. The summed E-state index contributed by atoms with van der Waals surface area (Å²) in [4.78, 5) is 18.3. The molecule has 0 heterocycles. The second-order valence-electron chi connectivity index (χ2n) is 3.06. The predicted octanol–water partition coefficient (Wildman–Crippen LogP) is 2.20. The highest BCUT2D eigenvalue weighted by Gasteiger charge is 1.94. The van der Waals surface area contributed by atoms with Crippen LogP contribution in [-0.4, -0.2) is 5.09 Å². The fraction of sp³-hybridized carbons (Fsp3) is 0. The molecule has 0 aliphatic heterocycles. The zero-order valence-electron chi connectivity index (χ0n) is 9.43. The molecule has 0 spiro atoms. The maximum absolute atomic E-state index is 9.75. The van der Waals surface area contributed by atoms with E-state index in [0.29, 0.717) is 5.75 Å². The largest absolute Gasteiger partial charge is 0.412 e. The van der Waals surface area contributed by atoms with Crippen molar-refractivity contribution in [3.05, 3.63) is 70.8 Å². The number of nitrogens with two attached hydrogens (primary N) is 1. The van der Waals surface area contributed by atoms with Gasteiger partial charge in [0.25, 0.3) is 5.09 Å². The molecule has 2 N–H and O–H groups in total. The van der Waals surface area contributed by atoms with Crippen LogP contribution in [0.4, 0.5) is 0 Å². The molecule has 0 saturated heterocycles. The van der Waals surface area contributed by atoms with E-state index in [1.165, 1.54) is 12.1 Å². The minimum Gasteiger partial charge on any atom is -0.412 e. The molecule has 6 nitrogen and oxygen atoms in total. The monoisotopic (exact) mass is 248 g/mol. The molecule has 2 aromatic carbocycles. The number of hydrogen-bond donors (Lipinski definition) is 1. The van der Waals surface area contributed by atoms with Gasteiger partial charge in [-0.3, -0.25) is 4.84 Å². The van der Waals surface area contributed by atoms with Crippen LogP contribution in [0.3, 0.4) is 0 Å². The lowest BCUT2D eigenvalue weighted by atomic mass is 10.3. The van der Waals surface area contributed by atoms with Crippen molar-refractivity contribution >= 4 is 0 Å². The molecule has 0 unspecified atom stereocenters. The Labute approximate surface area is 104 Å². The number of rotatable bonds is 3. The summed E-state index contributed by atoms with van der Waals surface area (Å²) in [7, 11) is 0. The summed E-state index contributed by atoms with van der Waals surface area (Å²) >= 11 is 0. The first-order chi connectivity index (χ1) is 8.72. The molecule has 2 aromatic rings. The predicted molar refractivity (Wildman–Crippen MR) is 65.3 cm³/mol. The third kappa shape index (κ3) is 5.47. The van der Waals surface area contributed by atoms with Crippen LogP contribution in [0.2, 0.25) is 0 Å². The highest BCUT2D eigenvalue weighted by molar-refractivity contribution is 5.20. The molecule has 0 atom stereocenters.